The predicted octanol–water partition coefficient (Wildman–Crippen LogP) is 2.83. The van der Waals surface area contributed by atoms with E-state index in [4.69, 9.17) is 0 Å². The molecule has 0 radical (unpaired) electrons. The number of carbonyl (C=O) groups is 1. The maximum Gasteiger partial charge on any atom is 0.235 e. The third kappa shape index (κ3) is 4.29. The van der Waals surface area contributed by atoms with Crippen molar-refractivity contribution in [2.45, 2.75) is 51.1 Å². The average molecular weight is 305 g/mol. The number of hydrogen-bond donors (Lipinski definition) is 1. The minimum absolute atomic E-state index is 0.0461. The van der Waals surface area contributed by atoms with Crippen molar-refractivity contribution in [1.82, 2.24) is 10.2 Å². The molecule has 1 saturated carbocycles. The van der Waals surface area contributed by atoms with Gasteiger partial charge in [0.2, 0.25) is 5.91 Å². The highest BCUT2D eigenvalue weighted by atomic mass is 32.1. The average Bonchev–Trinajstić information content (AvgIpc) is 2.85. The molecule has 1 N–H and O–H groups in total. The maximum absolute atomic E-state index is 12.2. The molecule has 2 rings (SSSR count). The summed E-state index contributed by atoms with van der Waals surface area (Å²) in [5.41, 5.74) is 0.641. The lowest BCUT2D eigenvalue weighted by molar-refractivity contribution is -0.123. The number of carbonyl (C=O) groups excluding carboxylic acids is 1. The summed E-state index contributed by atoms with van der Waals surface area (Å²) in [5.74, 6) is -0.0461. The lowest BCUT2D eigenvalue weighted by Gasteiger charge is -2.32. The zero-order valence-electron chi connectivity index (χ0n) is 12.8. The van der Waals surface area contributed by atoms with Crippen LogP contribution in [0.25, 0.3) is 0 Å². The SMILES string of the molecule is Cc1ccsc1CN(C)CC(=O)NC1(C#N)CCCCC1. The fourth-order valence-electron chi connectivity index (χ4n) is 2.84. The van der Waals surface area contributed by atoms with E-state index >= 15 is 0 Å². The molecule has 0 bridgehead atoms. The van der Waals surface area contributed by atoms with Crippen molar-refractivity contribution in [3.63, 3.8) is 0 Å². The second kappa shape index (κ2) is 7.06. The summed E-state index contributed by atoms with van der Waals surface area (Å²) in [6, 6.07) is 4.43. The molecule has 0 saturated heterocycles. The lowest BCUT2D eigenvalue weighted by atomic mass is 9.83. The van der Waals surface area contributed by atoms with Gasteiger partial charge in [-0.15, -0.1) is 11.3 Å². The van der Waals surface area contributed by atoms with Gasteiger partial charge in [0.05, 0.1) is 12.6 Å². The number of aryl methyl sites for hydroxylation is 1. The number of rotatable bonds is 5. The lowest BCUT2D eigenvalue weighted by Crippen LogP contribution is -2.51. The molecule has 1 fully saturated rings. The predicted molar refractivity (Wildman–Crippen MR) is 85.0 cm³/mol. The molecule has 5 heteroatoms. The van der Waals surface area contributed by atoms with Gasteiger partial charge in [0.25, 0.3) is 0 Å². The van der Waals surface area contributed by atoms with Crippen LogP contribution in [0.4, 0.5) is 0 Å². The van der Waals surface area contributed by atoms with Crippen molar-refractivity contribution in [2.24, 2.45) is 0 Å². The van der Waals surface area contributed by atoms with Crippen LogP contribution in [0.5, 0.6) is 0 Å². The Hall–Kier alpha value is -1.38. The number of nitrogens with zero attached hydrogens (tertiary/aromatic N) is 2. The zero-order chi connectivity index (χ0) is 15.3. The Morgan fingerprint density at radius 1 is 1.48 bits per heavy atom. The molecule has 0 aliphatic heterocycles. The van der Waals surface area contributed by atoms with Crippen LogP contribution in [0.1, 0.15) is 42.5 Å². The Balaban J connectivity index is 1.86. The summed E-state index contributed by atoms with van der Waals surface area (Å²) in [5, 5.41) is 14.4. The molecule has 0 atom stereocenters. The van der Waals surface area contributed by atoms with E-state index in [9.17, 15) is 10.1 Å². The van der Waals surface area contributed by atoms with Crippen LogP contribution < -0.4 is 5.32 Å². The van der Waals surface area contributed by atoms with Gasteiger partial charge in [0.1, 0.15) is 5.54 Å². The molecule has 1 aliphatic carbocycles. The van der Waals surface area contributed by atoms with E-state index in [1.807, 2.05) is 11.9 Å². The van der Waals surface area contributed by atoms with Crippen molar-refractivity contribution < 1.29 is 4.79 Å². The van der Waals surface area contributed by atoms with Crippen molar-refractivity contribution in [3.05, 3.63) is 21.9 Å². The molecule has 1 aromatic heterocycles. The van der Waals surface area contributed by atoms with E-state index in [1.54, 1.807) is 11.3 Å². The van der Waals surface area contributed by atoms with Gasteiger partial charge in [-0.1, -0.05) is 19.3 Å². The Kier molecular flexibility index (Phi) is 5.38. The van der Waals surface area contributed by atoms with Crippen molar-refractivity contribution in [3.8, 4) is 6.07 Å². The number of nitriles is 1. The number of likely N-dealkylation sites (N-methyl/N-ethyl adjacent to an activating group) is 1. The fraction of sp³-hybridized carbons (Fsp3) is 0.625. The molecule has 1 aliphatic rings. The van der Waals surface area contributed by atoms with Gasteiger partial charge in [0.15, 0.2) is 0 Å². The number of amides is 1. The first-order valence-corrected chi connectivity index (χ1v) is 8.36. The van der Waals surface area contributed by atoms with Crippen LogP contribution in [0.2, 0.25) is 0 Å². The van der Waals surface area contributed by atoms with Gasteiger partial charge in [-0.25, -0.2) is 0 Å². The van der Waals surface area contributed by atoms with Gasteiger partial charge in [-0.3, -0.25) is 9.69 Å². The Morgan fingerprint density at radius 3 is 2.76 bits per heavy atom. The van der Waals surface area contributed by atoms with Crippen LogP contribution in [-0.2, 0) is 11.3 Å². The number of nitrogens with one attached hydrogen (secondary N) is 1. The van der Waals surface area contributed by atoms with E-state index in [0.29, 0.717) is 6.54 Å². The molecule has 1 aromatic rings. The van der Waals surface area contributed by atoms with E-state index in [1.165, 1.54) is 10.4 Å². The fourth-order valence-corrected chi connectivity index (χ4v) is 3.82. The highest BCUT2D eigenvalue weighted by molar-refractivity contribution is 7.10. The molecular weight excluding hydrogens is 282 g/mol. The van der Waals surface area contributed by atoms with Gasteiger partial charge >= 0.3 is 0 Å². The zero-order valence-corrected chi connectivity index (χ0v) is 13.6. The van der Waals surface area contributed by atoms with Gasteiger partial charge in [0, 0.05) is 11.4 Å². The minimum atomic E-state index is -0.630. The summed E-state index contributed by atoms with van der Waals surface area (Å²) in [7, 11) is 1.94. The monoisotopic (exact) mass is 305 g/mol. The molecule has 114 valence electrons. The second-order valence-corrected chi connectivity index (χ2v) is 7.00. The maximum atomic E-state index is 12.2. The first-order chi connectivity index (χ1) is 10.0. The Bertz CT molecular complexity index is 526. The highest BCUT2D eigenvalue weighted by Gasteiger charge is 2.33. The Labute approximate surface area is 130 Å². The normalized spacial score (nSPS) is 17.4. The smallest absolute Gasteiger partial charge is 0.235 e. The third-order valence-corrected chi connectivity index (χ3v) is 5.10. The van der Waals surface area contributed by atoms with Gasteiger partial charge < -0.3 is 5.32 Å². The minimum Gasteiger partial charge on any atom is -0.337 e. The van der Waals surface area contributed by atoms with E-state index in [2.05, 4.69) is 29.8 Å². The number of hydrogen-bond acceptors (Lipinski definition) is 4. The molecule has 0 aromatic carbocycles. The molecule has 4 nitrogen and oxygen atoms in total. The first-order valence-electron chi connectivity index (χ1n) is 7.48. The summed E-state index contributed by atoms with van der Waals surface area (Å²) in [6.45, 7) is 3.20. The van der Waals surface area contributed by atoms with E-state index in [-0.39, 0.29) is 5.91 Å². The van der Waals surface area contributed by atoms with Crippen LogP contribution in [0.3, 0.4) is 0 Å². The summed E-state index contributed by atoms with van der Waals surface area (Å²) in [4.78, 5) is 15.5. The molecule has 0 spiro atoms. The summed E-state index contributed by atoms with van der Waals surface area (Å²) < 4.78 is 0. The second-order valence-electron chi connectivity index (χ2n) is 6.00. The van der Waals surface area contributed by atoms with Gasteiger partial charge in [-0.05, 0) is 43.8 Å². The summed E-state index contributed by atoms with van der Waals surface area (Å²) >= 11 is 1.72. The topological polar surface area (TPSA) is 56.1 Å². The number of thiophene rings is 1. The van der Waals surface area contributed by atoms with E-state index < -0.39 is 5.54 Å². The molecule has 21 heavy (non-hydrogen) atoms. The molecular formula is C16H23N3OS. The van der Waals surface area contributed by atoms with Crippen LogP contribution in [0, 0.1) is 18.3 Å². The molecule has 0 unspecified atom stereocenters. The van der Waals surface area contributed by atoms with Crippen molar-refractivity contribution in [1.29, 1.82) is 5.26 Å². The Morgan fingerprint density at radius 2 is 2.19 bits per heavy atom. The third-order valence-electron chi connectivity index (χ3n) is 4.10. The summed E-state index contributed by atoms with van der Waals surface area (Å²) in [6.07, 6.45) is 4.78. The standard InChI is InChI=1S/C16H23N3OS/c1-13-6-9-21-14(13)10-19(2)11-15(20)18-16(12-17)7-4-3-5-8-16/h6,9H,3-5,7-8,10-11H2,1-2H3,(H,18,20). The highest BCUT2D eigenvalue weighted by Crippen LogP contribution is 2.27. The van der Waals surface area contributed by atoms with Crippen LogP contribution in [-0.4, -0.2) is 29.9 Å². The van der Waals surface area contributed by atoms with Crippen LogP contribution in [0.15, 0.2) is 11.4 Å². The van der Waals surface area contributed by atoms with E-state index in [0.717, 1.165) is 38.6 Å². The van der Waals surface area contributed by atoms with Crippen LogP contribution >= 0.6 is 11.3 Å². The van der Waals surface area contributed by atoms with Gasteiger partial charge in [-0.2, -0.15) is 5.26 Å². The first kappa shape index (κ1) is 16.0. The molecule has 1 heterocycles. The van der Waals surface area contributed by atoms with Crippen molar-refractivity contribution in [2.75, 3.05) is 13.6 Å². The quantitative estimate of drug-likeness (QED) is 0.910. The largest absolute Gasteiger partial charge is 0.337 e. The van der Waals surface area contributed by atoms with Crippen molar-refractivity contribution >= 4 is 17.2 Å². The molecule has 1 amide bonds.